The lowest BCUT2D eigenvalue weighted by molar-refractivity contribution is -0.118. The molecule has 0 saturated heterocycles. The molecule has 7 heteroatoms. The lowest BCUT2D eigenvalue weighted by Gasteiger charge is -2.14. The number of hydrogen-bond acceptors (Lipinski definition) is 5. The molecule has 6 nitrogen and oxygen atoms in total. The van der Waals surface area contributed by atoms with E-state index in [9.17, 15) is 9.59 Å². The number of ether oxygens (including phenoxy) is 2. The third-order valence-corrected chi connectivity index (χ3v) is 2.60. The monoisotopic (exact) mass is 302 g/mol. The highest BCUT2D eigenvalue weighted by atomic mass is 35.5. The van der Waals surface area contributed by atoms with Crippen LogP contribution >= 0.6 is 12.4 Å². The first-order valence-corrected chi connectivity index (χ1v) is 5.74. The Bertz CT molecular complexity index is 479. The number of benzene rings is 1. The quantitative estimate of drug-likeness (QED) is 0.795. The lowest BCUT2D eigenvalue weighted by atomic mass is 10.1. The number of aryl methyl sites for hydroxylation is 1. The minimum atomic E-state index is -0.795. The fraction of sp³-hybridized carbons (Fsp3) is 0.385. The van der Waals surface area contributed by atoms with Crippen LogP contribution in [0.5, 0.6) is 0 Å². The highest BCUT2D eigenvalue weighted by Crippen LogP contribution is 2.20. The van der Waals surface area contributed by atoms with Crippen molar-refractivity contribution in [1.82, 2.24) is 0 Å². The van der Waals surface area contributed by atoms with Crippen LogP contribution in [0.2, 0.25) is 0 Å². The van der Waals surface area contributed by atoms with Gasteiger partial charge in [-0.3, -0.25) is 4.79 Å². The summed E-state index contributed by atoms with van der Waals surface area (Å²) >= 11 is 0. The van der Waals surface area contributed by atoms with Crippen LogP contribution in [0.1, 0.15) is 15.9 Å². The maximum absolute atomic E-state index is 11.8. The number of halogens is 1. The molecule has 1 amide bonds. The zero-order chi connectivity index (χ0) is 14.4. The smallest absolute Gasteiger partial charge is 0.340 e. The maximum Gasteiger partial charge on any atom is 0.340 e. The topological polar surface area (TPSA) is 90.6 Å². The third kappa shape index (κ3) is 4.48. The van der Waals surface area contributed by atoms with E-state index in [2.05, 4.69) is 5.32 Å². The molecular formula is C13H19ClN2O4. The minimum absolute atomic E-state index is 0. The van der Waals surface area contributed by atoms with E-state index in [1.165, 1.54) is 14.2 Å². The van der Waals surface area contributed by atoms with Gasteiger partial charge >= 0.3 is 5.97 Å². The van der Waals surface area contributed by atoms with Crippen LogP contribution in [0.3, 0.4) is 0 Å². The average Bonchev–Trinajstić information content (AvgIpc) is 2.38. The molecule has 0 spiro atoms. The van der Waals surface area contributed by atoms with Crippen molar-refractivity contribution in [1.29, 1.82) is 0 Å². The molecule has 0 saturated carbocycles. The molecule has 0 aliphatic carbocycles. The maximum atomic E-state index is 11.8. The Morgan fingerprint density at radius 2 is 2.00 bits per heavy atom. The van der Waals surface area contributed by atoms with E-state index in [-0.39, 0.29) is 19.0 Å². The summed E-state index contributed by atoms with van der Waals surface area (Å²) in [6.45, 7) is 1.86. The molecule has 1 atom stereocenters. The Balaban J connectivity index is 0.00000361. The number of esters is 1. The Kier molecular flexibility index (Phi) is 7.83. The zero-order valence-corrected chi connectivity index (χ0v) is 12.5. The van der Waals surface area contributed by atoms with E-state index in [1.54, 1.807) is 25.1 Å². The summed E-state index contributed by atoms with van der Waals surface area (Å²) < 4.78 is 9.51. The molecule has 0 bridgehead atoms. The summed E-state index contributed by atoms with van der Waals surface area (Å²) in [6, 6.07) is 4.32. The number of nitrogens with one attached hydrogen (secondary N) is 1. The molecule has 0 fully saturated rings. The molecule has 0 aliphatic rings. The standard InChI is InChI=1S/C13H18N2O4.ClH/c1-8-5-4-6-10(11(8)13(17)19-3)15-12(16)9(14)7-18-2;/h4-6,9H,7,14H2,1-3H3,(H,15,16);1H. The van der Waals surface area contributed by atoms with Crippen molar-refractivity contribution in [3.8, 4) is 0 Å². The molecule has 20 heavy (non-hydrogen) atoms. The number of rotatable bonds is 5. The van der Waals surface area contributed by atoms with E-state index in [4.69, 9.17) is 15.2 Å². The van der Waals surface area contributed by atoms with Gasteiger partial charge in [-0.25, -0.2) is 4.79 Å². The SMILES string of the molecule is COCC(N)C(=O)Nc1cccc(C)c1C(=O)OC.Cl. The van der Waals surface area contributed by atoms with Gasteiger partial charge in [-0.15, -0.1) is 12.4 Å². The molecule has 3 N–H and O–H groups in total. The molecule has 0 heterocycles. The molecule has 1 rings (SSSR count). The van der Waals surface area contributed by atoms with E-state index in [1.807, 2.05) is 0 Å². The zero-order valence-electron chi connectivity index (χ0n) is 11.6. The number of amides is 1. The van der Waals surface area contributed by atoms with Gasteiger partial charge in [-0.2, -0.15) is 0 Å². The van der Waals surface area contributed by atoms with Crippen LogP contribution < -0.4 is 11.1 Å². The second-order valence-corrected chi connectivity index (χ2v) is 4.04. The van der Waals surface area contributed by atoms with Gasteiger partial charge in [0.2, 0.25) is 5.91 Å². The average molecular weight is 303 g/mol. The predicted molar refractivity (Wildman–Crippen MR) is 78.2 cm³/mol. The molecule has 0 radical (unpaired) electrons. The summed E-state index contributed by atoms with van der Waals surface area (Å²) in [4.78, 5) is 23.5. The lowest BCUT2D eigenvalue weighted by Crippen LogP contribution is -2.39. The highest BCUT2D eigenvalue weighted by Gasteiger charge is 2.19. The van der Waals surface area contributed by atoms with Crippen LogP contribution in [0, 0.1) is 6.92 Å². The summed E-state index contributed by atoms with van der Waals surface area (Å²) in [7, 11) is 2.75. The highest BCUT2D eigenvalue weighted by molar-refractivity contribution is 6.03. The Labute approximate surface area is 124 Å². The van der Waals surface area contributed by atoms with Crippen molar-refractivity contribution in [2.75, 3.05) is 26.1 Å². The Morgan fingerprint density at radius 1 is 1.35 bits per heavy atom. The second kappa shape index (κ2) is 8.52. The van der Waals surface area contributed by atoms with Gasteiger partial charge in [-0.05, 0) is 18.6 Å². The molecule has 1 aromatic rings. The van der Waals surface area contributed by atoms with Gasteiger partial charge in [0, 0.05) is 7.11 Å². The fourth-order valence-corrected chi connectivity index (χ4v) is 1.63. The molecule has 0 aromatic heterocycles. The van der Waals surface area contributed by atoms with Crippen LogP contribution in [-0.2, 0) is 14.3 Å². The Morgan fingerprint density at radius 3 is 2.55 bits per heavy atom. The van der Waals surface area contributed by atoms with Gasteiger partial charge in [0.1, 0.15) is 6.04 Å². The number of hydrogen-bond donors (Lipinski definition) is 2. The summed E-state index contributed by atoms with van der Waals surface area (Å²) in [5, 5.41) is 2.61. The normalized spacial score (nSPS) is 11.2. The van der Waals surface area contributed by atoms with Gasteiger partial charge < -0.3 is 20.5 Å². The first kappa shape index (κ1) is 18.4. The van der Waals surface area contributed by atoms with Crippen molar-refractivity contribution >= 4 is 30.0 Å². The summed E-state index contributed by atoms with van der Waals surface area (Å²) in [6.07, 6.45) is 0. The molecule has 1 aromatic carbocycles. The summed E-state index contributed by atoms with van der Waals surface area (Å²) in [5.74, 6) is -0.925. The number of anilines is 1. The summed E-state index contributed by atoms with van der Waals surface area (Å²) in [5.41, 5.74) is 7.03. The van der Waals surface area contributed by atoms with E-state index < -0.39 is 17.9 Å². The van der Waals surface area contributed by atoms with Crippen molar-refractivity contribution in [2.24, 2.45) is 5.73 Å². The van der Waals surface area contributed by atoms with Crippen LogP contribution in [-0.4, -0.2) is 38.7 Å². The van der Waals surface area contributed by atoms with Crippen molar-refractivity contribution in [3.63, 3.8) is 0 Å². The second-order valence-electron chi connectivity index (χ2n) is 4.04. The van der Waals surface area contributed by atoms with Gasteiger partial charge in [0.25, 0.3) is 0 Å². The molecule has 1 unspecified atom stereocenters. The molecule has 0 aliphatic heterocycles. The molecule has 112 valence electrons. The van der Waals surface area contributed by atoms with Crippen LogP contribution in [0.15, 0.2) is 18.2 Å². The van der Waals surface area contributed by atoms with Gasteiger partial charge in [0.15, 0.2) is 0 Å². The van der Waals surface area contributed by atoms with E-state index in [0.717, 1.165) is 0 Å². The minimum Gasteiger partial charge on any atom is -0.465 e. The largest absolute Gasteiger partial charge is 0.465 e. The Hall–Kier alpha value is -1.63. The predicted octanol–water partition coefficient (Wildman–Crippen LogP) is 1.12. The van der Waals surface area contributed by atoms with E-state index >= 15 is 0 Å². The number of methoxy groups -OCH3 is 2. The number of nitrogens with two attached hydrogens (primary N) is 1. The first-order valence-electron chi connectivity index (χ1n) is 5.74. The number of carbonyl (C=O) groups excluding carboxylic acids is 2. The number of carbonyl (C=O) groups is 2. The molecular weight excluding hydrogens is 284 g/mol. The first-order chi connectivity index (χ1) is 9.01. The van der Waals surface area contributed by atoms with Crippen molar-refractivity contribution < 1.29 is 19.1 Å². The van der Waals surface area contributed by atoms with Crippen LogP contribution in [0.25, 0.3) is 0 Å². The van der Waals surface area contributed by atoms with E-state index in [0.29, 0.717) is 16.8 Å². The fourth-order valence-electron chi connectivity index (χ4n) is 1.63. The van der Waals surface area contributed by atoms with Gasteiger partial charge in [-0.1, -0.05) is 12.1 Å². The van der Waals surface area contributed by atoms with Crippen molar-refractivity contribution in [3.05, 3.63) is 29.3 Å². The van der Waals surface area contributed by atoms with Crippen LogP contribution in [0.4, 0.5) is 5.69 Å². The third-order valence-electron chi connectivity index (χ3n) is 2.60. The van der Waals surface area contributed by atoms with Gasteiger partial charge in [0.05, 0.1) is 25.0 Å². The van der Waals surface area contributed by atoms with Crippen molar-refractivity contribution in [2.45, 2.75) is 13.0 Å².